The van der Waals surface area contributed by atoms with Crippen molar-refractivity contribution >= 4 is 11.6 Å². The summed E-state index contributed by atoms with van der Waals surface area (Å²) in [5.41, 5.74) is 9.26. The number of hydrogen-bond donors (Lipinski definition) is 5. The molecule has 0 spiro atoms. The number of hydrogen-bond acceptors (Lipinski definition) is 8. The summed E-state index contributed by atoms with van der Waals surface area (Å²) >= 11 is 0. The minimum absolute atomic E-state index is 0.122. The number of rotatable bonds is 20. The number of amides is 1. The zero-order chi connectivity index (χ0) is 30.2. The Labute approximate surface area is 245 Å². The topological polar surface area (TPSA) is 135 Å². The summed E-state index contributed by atoms with van der Waals surface area (Å²) in [6.45, 7) is 10.4. The Morgan fingerprint density at radius 1 is 1.07 bits per heavy atom. The van der Waals surface area contributed by atoms with Crippen LogP contribution >= 0.6 is 0 Å². The fourth-order valence-corrected chi connectivity index (χ4v) is 4.45. The molecule has 5 atom stereocenters. The van der Waals surface area contributed by atoms with E-state index in [0.29, 0.717) is 45.8 Å². The van der Waals surface area contributed by atoms with Crippen molar-refractivity contribution in [2.75, 3.05) is 38.8 Å². The van der Waals surface area contributed by atoms with Gasteiger partial charge in [-0.05, 0) is 74.1 Å². The molecule has 4 unspecified atom stereocenters. The van der Waals surface area contributed by atoms with Crippen molar-refractivity contribution in [2.24, 2.45) is 17.6 Å². The van der Waals surface area contributed by atoms with Crippen molar-refractivity contribution in [1.29, 1.82) is 0 Å². The summed E-state index contributed by atoms with van der Waals surface area (Å²) in [5, 5.41) is 26.4. The van der Waals surface area contributed by atoms with Gasteiger partial charge in [0.05, 0.1) is 31.8 Å². The maximum absolute atomic E-state index is 13.2. The number of nitrogens with one attached hydrogen (secondary N) is 2. The van der Waals surface area contributed by atoms with E-state index in [0.717, 1.165) is 35.4 Å². The molecule has 0 heterocycles. The van der Waals surface area contributed by atoms with E-state index in [4.69, 9.17) is 19.9 Å². The first-order valence-electron chi connectivity index (χ1n) is 14.7. The standard InChI is InChI=1S/C32H51N3O6/c1-6-22(2)30(19-34-27-11-13-28(37)14-12-27)35-32(38)29(24(4)36)15-10-26(33)21-40-20-25-9-8-23(3)31(18-25)41-17-7-16-39-5/h8-9,11-14,18,22,24,26,29-30,34,36-37H,6-7,10,15-17,19-21,33H2,1-5H3,(H,35,38)/t22?,24?,26?,29-,30?/m0/s1. The van der Waals surface area contributed by atoms with Crippen LogP contribution in [-0.2, 0) is 20.9 Å². The lowest BCUT2D eigenvalue weighted by molar-refractivity contribution is -0.129. The van der Waals surface area contributed by atoms with Crippen molar-refractivity contribution in [2.45, 2.75) is 78.2 Å². The average molecular weight is 574 g/mol. The predicted octanol–water partition coefficient (Wildman–Crippen LogP) is 4.38. The monoisotopic (exact) mass is 573 g/mol. The van der Waals surface area contributed by atoms with E-state index in [9.17, 15) is 15.0 Å². The van der Waals surface area contributed by atoms with Gasteiger partial charge in [0.15, 0.2) is 0 Å². The molecule has 0 radical (unpaired) electrons. The van der Waals surface area contributed by atoms with E-state index in [2.05, 4.69) is 24.5 Å². The SMILES string of the molecule is CCC(C)C(CNc1ccc(O)cc1)NC(=O)[C@@H](CCC(N)COCc1ccc(C)c(OCCCOC)c1)C(C)O. The van der Waals surface area contributed by atoms with Crippen molar-refractivity contribution in [3.8, 4) is 11.5 Å². The van der Waals surface area contributed by atoms with Gasteiger partial charge >= 0.3 is 0 Å². The Balaban J connectivity index is 1.83. The highest BCUT2D eigenvalue weighted by Crippen LogP contribution is 2.21. The van der Waals surface area contributed by atoms with Gasteiger partial charge in [0, 0.05) is 44.5 Å². The Morgan fingerprint density at radius 2 is 1.80 bits per heavy atom. The summed E-state index contributed by atoms with van der Waals surface area (Å²) in [7, 11) is 1.68. The number of benzene rings is 2. The van der Waals surface area contributed by atoms with Crippen molar-refractivity contribution in [1.82, 2.24) is 5.32 Å². The summed E-state index contributed by atoms with van der Waals surface area (Å²) in [4.78, 5) is 13.2. The maximum atomic E-state index is 13.2. The molecule has 0 bridgehead atoms. The van der Waals surface area contributed by atoms with Crippen LogP contribution in [0.4, 0.5) is 5.69 Å². The largest absolute Gasteiger partial charge is 0.508 e. The fourth-order valence-electron chi connectivity index (χ4n) is 4.45. The maximum Gasteiger partial charge on any atom is 0.225 e. The molecular weight excluding hydrogens is 522 g/mol. The van der Waals surface area contributed by atoms with Gasteiger partial charge in [-0.3, -0.25) is 4.79 Å². The number of phenolic OH excluding ortho intramolecular Hbond substituents is 1. The summed E-state index contributed by atoms with van der Waals surface area (Å²) in [5.74, 6) is 0.520. The normalized spacial score (nSPS) is 15.0. The van der Waals surface area contributed by atoms with Crippen LogP contribution in [-0.4, -0.2) is 67.8 Å². The quantitative estimate of drug-likeness (QED) is 0.116. The molecule has 41 heavy (non-hydrogen) atoms. The van der Waals surface area contributed by atoms with E-state index in [1.165, 1.54) is 0 Å². The second-order valence-electron chi connectivity index (χ2n) is 10.9. The first-order chi connectivity index (χ1) is 19.6. The first kappa shape index (κ1) is 34.4. The van der Waals surface area contributed by atoms with Crippen LogP contribution in [0.25, 0.3) is 0 Å². The van der Waals surface area contributed by atoms with Crippen LogP contribution in [0, 0.1) is 18.8 Å². The van der Waals surface area contributed by atoms with Gasteiger partial charge in [-0.2, -0.15) is 0 Å². The van der Waals surface area contributed by atoms with Crippen LogP contribution in [0.3, 0.4) is 0 Å². The molecule has 0 saturated carbocycles. The molecule has 0 aliphatic heterocycles. The predicted molar refractivity (Wildman–Crippen MR) is 163 cm³/mol. The van der Waals surface area contributed by atoms with E-state index >= 15 is 0 Å². The van der Waals surface area contributed by atoms with Gasteiger partial charge in [0.1, 0.15) is 11.5 Å². The van der Waals surface area contributed by atoms with Crippen molar-refractivity contribution in [3.05, 3.63) is 53.6 Å². The molecule has 2 rings (SSSR count). The molecule has 230 valence electrons. The Bertz CT molecular complexity index is 1020. The Kier molecular flexibility index (Phi) is 15.5. The summed E-state index contributed by atoms with van der Waals surface area (Å²) in [6, 6.07) is 12.5. The number of ether oxygens (including phenoxy) is 3. The highest BCUT2D eigenvalue weighted by Gasteiger charge is 2.28. The van der Waals surface area contributed by atoms with E-state index < -0.39 is 12.0 Å². The molecule has 6 N–H and O–H groups in total. The van der Waals surface area contributed by atoms with Crippen molar-refractivity contribution in [3.63, 3.8) is 0 Å². The number of carbonyl (C=O) groups excluding carboxylic acids is 1. The third kappa shape index (κ3) is 12.7. The second kappa shape index (κ2) is 18.6. The van der Waals surface area contributed by atoms with Crippen LogP contribution < -0.4 is 21.1 Å². The van der Waals surface area contributed by atoms with E-state index in [-0.39, 0.29) is 29.7 Å². The molecule has 0 fully saturated rings. The lowest BCUT2D eigenvalue weighted by Gasteiger charge is -2.29. The molecule has 2 aromatic rings. The van der Waals surface area contributed by atoms with E-state index in [1.54, 1.807) is 38.3 Å². The number of aromatic hydroxyl groups is 1. The smallest absolute Gasteiger partial charge is 0.225 e. The van der Waals surface area contributed by atoms with Crippen molar-refractivity contribution < 1.29 is 29.2 Å². The Morgan fingerprint density at radius 3 is 2.46 bits per heavy atom. The Hall–Kier alpha value is -2.85. The molecule has 9 heteroatoms. The van der Waals surface area contributed by atoms with Gasteiger partial charge in [-0.1, -0.05) is 32.4 Å². The van der Waals surface area contributed by atoms with Crippen LogP contribution in [0.15, 0.2) is 42.5 Å². The number of aliphatic hydroxyl groups excluding tert-OH is 1. The van der Waals surface area contributed by atoms with Gasteiger partial charge in [0.25, 0.3) is 0 Å². The number of phenols is 1. The number of carbonyl (C=O) groups is 1. The average Bonchev–Trinajstić information content (AvgIpc) is 2.95. The van der Waals surface area contributed by atoms with Crippen LogP contribution in [0.1, 0.15) is 57.6 Å². The van der Waals surface area contributed by atoms with E-state index in [1.807, 2.05) is 25.1 Å². The lowest BCUT2D eigenvalue weighted by Crippen LogP contribution is -2.48. The molecule has 0 saturated heterocycles. The molecule has 0 aliphatic rings. The highest BCUT2D eigenvalue weighted by molar-refractivity contribution is 5.79. The molecule has 2 aromatic carbocycles. The fraction of sp³-hybridized carbons (Fsp3) is 0.594. The molecule has 1 amide bonds. The van der Waals surface area contributed by atoms with Gasteiger partial charge in [-0.15, -0.1) is 0 Å². The molecule has 9 nitrogen and oxygen atoms in total. The number of nitrogens with two attached hydrogens (primary N) is 1. The number of aliphatic hydroxyl groups is 1. The highest BCUT2D eigenvalue weighted by atomic mass is 16.5. The van der Waals surface area contributed by atoms with Gasteiger partial charge in [0.2, 0.25) is 5.91 Å². The molecule has 0 aromatic heterocycles. The third-order valence-corrected chi connectivity index (χ3v) is 7.42. The summed E-state index contributed by atoms with van der Waals surface area (Å²) < 4.78 is 16.8. The molecular formula is C32H51N3O6. The van der Waals surface area contributed by atoms with Crippen LogP contribution in [0.2, 0.25) is 0 Å². The zero-order valence-corrected chi connectivity index (χ0v) is 25.4. The first-order valence-corrected chi connectivity index (χ1v) is 14.7. The minimum Gasteiger partial charge on any atom is -0.508 e. The molecule has 0 aliphatic carbocycles. The number of anilines is 1. The van der Waals surface area contributed by atoms with Gasteiger partial charge < -0.3 is 40.8 Å². The minimum atomic E-state index is -0.805. The summed E-state index contributed by atoms with van der Waals surface area (Å²) in [6.07, 6.45) is 1.92. The second-order valence-corrected chi connectivity index (χ2v) is 10.9. The number of aryl methyl sites for hydroxylation is 1. The van der Waals surface area contributed by atoms with Gasteiger partial charge in [-0.25, -0.2) is 0 Å². The third-order valence-electron chi connectivity index (χ3n) is 7.42. The number of methoxy groups -OCH3 is 1. The lowest BCUT2D eigenvalue weighted by atomic mass is 9.92. The van der Waals surface area contributed by atoms with Crippen LogP contribution in [0.5, 0.6) is 11.5 Å². The zero-order valence-electron chi connectivity index (χ0n) is 25.4.